The molecular weight excluding hydrogens is 276 g/mol. The second-order valence-electron chi connectivity index (χ2n) is 4.36. The summed E-state index contributed by atoms with van der Waals surface area (Å²) >= 11 is 0. The maximum absolute atomic E-state index is 8.06. The van der Waals surface area contributed by atoms with Gasteiger partial charge in [0.1, 0.15) is 0 Å². The van der Waals surface area contributed by atoms with Crippen molar-refractivity contribution in [1.82, 2.24) is 0 Å². The van der Waals surface area contributed by atoms with Gasteiger partial charge in [0.2, 0.25) is 0 Å². The Morgan fingerprint density at radius 2 is 0.842 bits per heavy atom. The van der Waals surface area contributed by atoms with E-state index >= 15 is 0 Å². The topological polar surface area (TPSA) is 60.7 Å². The van der Waals surface area contributed by atoms with Gasteiger partial charge in [0, 0.05) is 40.0 Å². The van der Waals surface area contributed by atoms with E-state index in [0.29, 0.717) is 0 Å². The second-order valence-corrected chi connectivity index (χ2v) is 4.36. The summed E-state index contributed by atoms with van der Waals surface area (Å²) in [6, 6.07) is 12.5. The van der Waals surface area contributed by atoms with Crippen LogP contribution in [0.2, 0.25) is 0 Å². The van der Waals surface area contributed by atoms with Gasteiger partial charge in [-0.2, -0.15) is 36.4 Å². The summed E-state index contributed by atoms with van der Waals surface area (Å²) in [4.78, 5) is 0. The van der Waals surface area contributed by atoms with E-state index < -0.39 is 0 Å². The molecule has 112 valence electrons. The van der Waals surface area contributed by atoms with Crippen LogP contribution in [-0.2, 0) is 21.7 Å². The fourth-order valence-corrected chi connectivity index (χ4v) is 0.342. The second kappa shape index (κ2) is 22.9. The molecule has 1 rings (SSSR count). The molecule has 3 N–H and O–H groups in total. The van der Waals surface area contributed by atoms with Crippen LogP contribution in [0.3, 0.4) is 0 Å². The van der Waals surface area contributed by atoms with E-state index in [4.69, 9.17) is 15.3 Å². The molecule has 1 aromatic rings. The van der Waals surface area contributed by atoms with Gasteiger partial charge >= 0.3 is 0 Å². The van der Waals surface area contributed by atoms with Gasteiger partial charge < -0.3 is 15.3 Å². The quantitative estimate of drug-likeness (QED) is 0.510. The van der Waals surface area contributed by atoms with Crippen LogP contribution in [0.4, 0.5) is 0 Å². The van der Waals surface area contributed by atoms with Gasteiger partial charge in [0.25, 0.3) is 0 Å². The Morgan fingerprint density at radius 1 is 0.632 bits per heavy atom. The molecule has 0 aliphatic carbocycles. The standard InChI is InChI=1S/C6H5.3C3H8O.Ti/c1-2-4-6-5-3-1;3*1-3(2)4;/h1-5H;3*3-4H,1-2H3;/q-1;;;;. The number of benzene rings is 1. The molecule has 0 saturated carbocycles. The Kier molecular flexibility index (Phi) is 32.9. The summed E-state index contributed by atoms with van der Waals surface area (Å²) in [5, 5.41) is 24.2. The first-order valence-electron chi connectivity index (χ1n) is 6.15. The predicted octanol–water partition coefficient (Wildman–Crippen LogP) is 2.65. The van der Waals surface area contributed by atoms with Crippen molar-refractivity contribution < 1.29 is 37.0 Å². The fraction of sp³-hybridized carbons (Fsp3) is 0.600. The van der Waals surface area contributed by atoms with Crippen molar-refractivity contribution in [3.8, 4) is 0 Å². The van der Waals surface area contributed by atoms with Gasteiger partial charge in [0.15, 0.2) is 0 Å². The van der Waals surface area contributed by atoms with E-state index in [9.17, 15) is 0 Å². The van der Waals surface area contributed by atoms with E-state index in [2.05, 4.69) is 6.07 Å². The van der Waals surface area contributed by atoms with E-state index in [1.807, 2.05) is 30.3 Å². The molecule has 0 bridgehead atoms. The number of hydrogen-bond acceptors (Lipinski definition) is 3. The third kappa shape index (κ3) is 132. The van der Waals surface area contributed by atoms with Crippen molar-refractivity contribution in [3.05, 3.63) is 36.4 Å². The average molecular weight is 305 g/mol. The molecule has 0 unspecified atom stereocenters. The molecule has 0 amide bonds. The van der Waals surface area contributed by atoms with Crippen LogP contribution in [0.15, 0.2) is 30.3 Å². The molecule has 4 heteroatoms. The van der Waals surface area contributed by atoms with E-state index in [1.54, 1.807) is 41.5 Å². The van der Waals surface area contributed by atoms with E-state index in [1.165, 1.54) is 0 Å². The first-order valence-corrected chi connectivity index (χ1v) is 6.15. The first-order chi connectivity index (χ1) is 8.20. The van der Waals surface area contributed by atoms with Crippen molar-refractivity contribution in [2.45, 2.75) is 59.9 Å². The molecule has 3 nitrogen and oxygen atoms in total. The monoisotopic (exact) mass is 305 g/mol. The van der Waals surface area contributed by atoms with Crippen LogP contribution in [0, 0.1) is 6.07 Å². The largest absolute Gasteiger partial charge is 0.394 e. The maximum Gasteiger partial charge on any atom is 0.0483 e. The van der Waals surface area contributed by atoms with Crippen LogP contribution < -0.4 is 0 Å². The predicted molar refractivity (Wildman–Crippen MR) is 77.3 cm³/mol. The molecule has 0 radical (unpaired) electrons. The summed E-state index contributed by atoms with van der Waals surface area (Å²) in [5.74, 6) is 0. The molecule has 0 aliphatic rings. The van der Waals surface area contributed by atoms with Crippen LogP contribution in [0.1, 0.15) is 41.5 Å². The zero-order chi connectivity index (χ0) is 15.0. The van der Waals surface area contributed by atoms with Gasteiger partial charge in [-0.3, -0.25) is 0 Å². The fourth-order valence-electron chi connectivity index (χ4n) is 0.342. The molecule has 19 heavy (non-hydrogen) atoms. The molecule has 0 spiro atoms. The van der Waals surface area contributed by atoms with Crippen LogP contribution in [0.5, 0.6) is 0 Å². The zero-order valence-corrected chi connectivity index (χ0v) is 14.5. The van der Waals surface area contributed by atoms with Crippen LogP contribution in [0.25, 0.3) is 0 Å². The van der Waals surface area contributed by atoms with Crippen molar-refractivity contribution in [3.63, 3.8) is 0 Å². The number of hydrogen-bond donors (Lipinski definition) is 3. The molecule has 0 aromatic heterocycles. The summed E-state index contributed by atoms with van der Waals surface area (Å²) in [6.45, 7) is 10.3. The third-order valence-electron chi connectivity index (χ3n) is 0.607. The molecule has 0 saturated heterocycles. The summed E-state index contributed by atoms with van der Waals surface area (Å²) in [7, 11) is 0. The van der Waals surface area contributed by atoms with Crippen LogP contribution in [-0.4, -0.2) is 33.6 Å². The number of aliphatic hydroxyl groups excluding tert-OH is 3. The summed E-state index contributed by atoms with van der Waals surface area (Å²) in [5.41, 5.74) is 0. The van der Waals surface area contributed by atoms with Gasteiger partial charge in [-0.25, -0.2) is 0 Å². The Morgan fingerprint density at radius 3 is 0.895 bits per heavy atom. The molecule has 0 fully saturated rings. The molecule has 0 aliphatic heterocycles. The minimum Gasteiger partial charge on any atom is -0.394 e. The SMILES string of the molecule is CC(C)O.CC(C)O.CC(C)O.[Ti].[c-]1ccccc1. The molecule has 1 aromatic carbocycles. The zero-order valence-electron chi connectivity index (χ0n) is 13.0. The number of rotatable bonds is 0. The van der Waals surface area contributed by atoms with Gasteiger partial charge in [0.05, 0.1) is 0 Å². The van der Waals surface area contributed by atoms with E-state index in [-0.39, 0.29) is 40.0 Å². The van der Waals surface area contributed by atoms with Crippen molar-refractivity contribution >= 4 is 0 Å². The molecular formula is C15H29O3Ti-. The van der Waals surface area contributed by atoms with Gasteiger partial charge in [-0.15, -0.1) is 0 Å². The maximum atomic E-state index is 8.06. The minimum absolute atomic E-state index is 0. The molecule has 0 heterocycles. The molecule has 0 atom stereocenters. The Bertz CT molecular complexity index is 165. The Hall–Kier alpha value is -0.186. The normalized spacial score (nSPS) is 8.21. The van der Waals surface area contributed by atoms with Crippen molar-refractivity contribution in [1.29, 1.82) is 0 Å². The summed E-state index contributed by atoms with van der Waals surface area (Å²) < 4.78 is 0. The Balaban J connectivity index is -0.0000000796. The minimum atomic E-state index is -0.167. The van der Waals surface area contributed by atoms with Crippen LogP contribution >= 0.6 is 0 Å². The van der Waals surface area contributed by atoms with Gasteiger partial charge in [-0.1, -0.05) is 0 Å². The van der Waals surface area contributed by atoms with Crippen molar-refractivity contribution in [2.24, 2.45) is 0 Å². The number of aliphatic hydroxyl groups is 3. The average Bonchev–Trinajstić information content (AvgIpc) is 2.17. The smallest absolute Gasteiger partial charge is 0.0483 e. The summed E-state index contributed by atoms with van der Waals surface area (Å²) in [6.07, 6.45) is -0.500. The Labute approximate surface area is 133 Å². The van der Waals surface area contributed by atoms with Gasteiger partial charge in [-0.05, 0) is 41.5 Å². The first kappa shape index (κ1) is 27.2. The van der Waals surface area contributed by atoms with E-state index in [0.717, 1.165) is 0 Å². The van der Waals surface area contributed by atoms with Crippen molar-refractivity contribution in [2.75, 3.05) is 0 Å². The third-order valence-corrected chi connectivity index (χ3v) is 0.607.